The SMILES string of the molecule is O=[N+]([O-])c1cccc(C2CNCCO2)c1. The van der Waals surface area contributed by atoms with Crippen LogP contribution in [0, 0.1) is 10.1 Å². The predicted octanol–water partition coefficient (Wildman–Crippen LogP) is 1.26. The molecule has 5 nitrogen and oxygen atoms in total. The molecule has 1 atom stereocenters. The van der Waals surface area contributed by atoms with Gasteiger partial charge in [-0.1, -0.05) is 12.1 Å². The van der Waals surface area contributed by atoms with E-state index < -0.39 is 0 Å². The minimum Gasteiger partial charge on any atom is -0.371 e. The average molecular weight is 208 g/mol. The third kappa shape index (κ3) is 2.31. The van der Waals surface area contributed by atoms with Gasteiger partial charge in [-0.2, -0.15) is 0 Å². The van der Waals surface area contributed by atoms with Gasteiger partial charge in [-0.25, -0.2) is 0 Å². The second-order valence-electron chi connectivity index (χ2n) is 3.42. The molecule has 1 heterocycles. The van der Waals surface area contributed by atoms with Gasteiger partial charge in [0.25, 0.3) is 5.69 Å². The van der Waals surface area contributed by atoms with Crippen molar-refractivity contribution in [2.45, 2.75) is 6.10 Å². The number of nitro groups is 1. The van der Waals surface area contributed by atoms with Crippen molar-refractivity contribution in [3.05, 3.63) is 39.9 Å². The van der Waals surface area contributed by atoms with Crippen molar-refractivity contribution < 1.29 is 9.66 Å². The molecular formula is C10H12N2O3. The highest BCUT2D eigenvalue weighted by Gasteiger charge is 2.17. The topological polar surface area (TPSA) is 64.4 Å². The summed E-state index contributed by atoms with van der Waals surface area (Å²) >= 11 is 0. The highest BCUT2D eigenvalue weighted by atomic mass is 16.6. The Balaban J connectivity index is 2.19. The summed E-state index contributed by atoms with van der Waals surface area (Å²) in [5.41, 5.74) is 0.970. The fraction of sp³-hybridized carbons (Fsp3) is 0.400. The van der Waals surface area contributed by atoms with Crippen molar-refractivity contribution in [3.63, 3.8) is 0 Å². The molecule has 1 unspecified atom stereocenters. The van der Waals surface area contributed by atoms with E-state index >= 15 is 0 Å². The molecule has 0 saturated carbocycles. The maximum Gasteiger partial charge on any atom is 0.269 e. The Morgan fingerprint density at radius 3 is 3.07 bits per heavy atom. The van der Waals surface area contributed by atoms with E-state index in [4.69, 9.17) is 4.74 Å². The van der Waals surface area contributed by atoms with Gasteiger partial charge in [0.1, 0.15) is 0 Å². The molecule has 80 valence electrons. The second-order valence-corrected chi connectivity index (χ2v) is 3.42. The van der Waals surface area contributed by atoms with Crippen LogP contribution in [0.5, 0.6) is 0 Å². The largest absolute Gasteiger partial charge is 0.371 e. The highest BCUT2D eigenvalue weighted by molar-refractivity contribution is 5.35. The summed E-state index contributed by atoms with van der Waals surface area (Å²) in [5.74, 6) is 0. The van der Waals surface area contributed by atoms with Gasteiger partial charge < -0.3 is 10.1 Å². The first kappa shape index (κ1) is 10.1. The monoisotopic (exact) mass is 208 g/mol. The van der Waals surface area contributed by atoms with Crippen LogP contribution in [0.2, 0.25) is 0 Å². The molecule has 15 heavy (non-hydrogen) atoms. The van der Waals surface area contributed by atoms with E-state index in [1.54, 1.807) is 12.1 Å². The zero-order chi connectivity index (χ0) is 10.7. The number of non-ortho nitro benzene ring substituents is 1. The summed E-state index contributed by atoms with van der Waals surface area (Å²) in [6.45, 7) is 2.19. The fourth-order valence-corrected chi connectivity index (χ4v) is 1.62. The molecule has 1 aliphatic heterocycles. The Morgan fingerprint density at radius 2 is 2.40 bits per heavy atom. The number of ether oxygens (including phenoxy) is 1. The molecule has 1 aromatic rings. The highest BCUT2D eigenvalue weighted by Crippen LogP contribution is 2.22. The van der Waals surface area contributed by atoms with Crippen molar-refractivity contribution >= 4 is 5.69 Å². The number of nitrogens with zero attached hydrogens (tertiary/aromatic N) is 1. The van der Waals surface area contributed by atoms with Gasteiger partial charge in [0.2, 0.25) is 0 Å². The van der Waals surface area contributed by atoms with Gasteiger partial charge in [0.05, 0.1) is 17.6 Å². The fourth-order valence-electron chi connectivity index (χ4n) is 1.62. The Labute approximate surface area is 87.2 Å². The summed E-state index contributed by atoms with van der Waals surface area (Å²) in [5, 5.41) is 13.8. The number of rotatable bonds is 2. The summed E-state index contributed by atoms with van der Waals surface area (Å²) in [6, 6.07) is 6.59. The Hall–Kier alpha value is -1.46. The molecule has 1 fully saturated rings. The number of hydrogen-bond donors (Lipinski definition) is 1. The van der Waals surface area contributed by atoms with Crippen molar-refractivity contribution in [2.75, 3.05) is 19.7 Å². The molecule has 0 bridgehead atoms. The van der Waals surface area contributed by atoms with Crippen LogP contribution in [0.25, 0.3) is 0 Å². The quantitative estimate of drug-likeness (QED) is 0.587. The lowest BCUT2D eigenvalue weighted by Crippen LogP contribution is -2.33. The lowest BCUT2D eigenvalue weighted by atomic mass is 10.1. The van der Waals surface area contributed by atoms with Crippen LogP contribution >= 0.6 is 0 Å². The van der Waals surface area contributed by atoms with Crippen LogP contribution in [0.15, 0.2) is 24.3 Å². The maximum absolute atomic E-state index is 10.6. The Morgan fingerprint density at radius 1 is 1.53 bits per heavy atom. The number of nitrogens with one attached hydrogen (secondary N) is 1. The van der Waals surface area contributed by atoms with Gasteiger partial charge in [-0.05, 0) is 5.56 Å². The van der Waals surface area contributed by atoms with E-state index in [-0.39, 0.29) is 16.7 Å². The molecule has 0 spiro atoms. The summed E-state index contributed by atoms with van der Waals surface area (Å²) in [6.07, 6.45) is -0.0707. The zero-order valence-corrected chi connectivity index (χ0v) is 8.18. The van der Waals surface area contributed by atoms with E-state index in [2.05, 4.69) is 5.32 Å². The molecule has 1 N–H and O–H groups in total. The molecule has 2 rings (SSSR count). The van der Waals surface area contributed by atoms with E-state index in [0.717, 1.165) is 12.1 Å². The first-order valence-electron chi connectivity index (χ1n) is 4.84. The molecule has 0 radical (unpaired) electrons. The van der Waals surface area contributed by atoms with E-state index in [1.165, 1.54) is 6.07 Å². The van der Waals surface area contributed by atoms with Gasteiger partial charge in [-0.3, -0.25) is 10.1 Å². The molecule has 1 saturated heterocycles. The average Bonchev–Trinajstić information content (AvgIpc) is 2.30. The van der Waals surface area contributed by atoms with Crippen LogP contribution in [0.3, 0.4) is 0 Å². The van der Waals surface area contributed by atoms with Crippen LogP contribution < -0.4 is 5.32 Å². The minimum atomic E-state index is -0.389. The number of benzene rings is 1. The van der Waals surface area contributed by atoms with Gasteiger partial charge in [-0.15, -0.1) is 0 Å². The van der Waals surface area contributed by atoms with Crippen molar-refractivity contribution in [3.8, 4) is 0 Å². The first-order chi connectivity index (χ1) is 7.27. The predicted molar refractivity (Wildman–Crippen MR) is 54.7 cm³/mol. The molecule has 1 aromatic carbocycles. The second kappa shape index (κ2) is 4.37. The van der Waals surface area contributed by atoms with E-state index in [9.17, 15) is 10.1 Å². The van der Waals surface area contributed by atoms with Gasteiger partial charge in [0.15, 0.2) is 0 Å². The van der Waals surface area contributed by atoms with Crippen molar-refractivity contribution in [1.82, 2.24) is 5.32 Å². The molecule has 0 aliphatic carbocycles. The lowest BCUT2D eigenvalue weighted by Gasteiger charge is -2.23. The van der Waals surface area contributed by atoms with Crippen LogP contribution in [-0.2, 0) is 4.74 Å². The molecule has 5 heteroatoms. The number of morpholine rings is 1. The zero-order valence-electron chi connectivity index (χ0n) is 8.18. The number of hydrogen-bond acceptors (Lipinski definition) is 4. The third-order valence-corrected chi connectivity index (χ3v) is 2.38. The smallest absolute Gasteiger partial charge is 0.269 e. The molecular weight excluding hydrogens is 196 g/mol. The lowest BCUT2D eigenvalue weighted by molar-refractivity contribution is -0.385. The van der Waals surface area contributed by atoms with Crippen LogP contribution in [0.1, 0.15) is 11.7 Å². The molecule has 0 amide bonds. The Kier molecular flexibility index (Phi) is 2.94. The van der Waals surface area contributed by atoms with E-state index in [0.29, 0.717) is 13.2 Å². The molecule has 0 aromatic heterocycles. The standard InChI is InChI=1S/C10H12N2O3/c13-12(14)9-3-1-2-8(6-9)10-7-11-4-5-15-10/h1-3,6,10-11H,4-5,7H2. The summed E-state index contributed by atoms with van der Waals surface area (Å²) in [7, 11) is 0. The van der Waals surface area contributed by atoms with E-state index in [1.807, 2.05) is 6.07 Å². The third-order valence-electron chi connectivity index (χ3n) is 2.38. The maximum atomic E-state index is 10.6. The van der Waals surface area contributed by atoms with Crippen molar-refractivity contribution in [2.24, 2.45) is 0 Å². The minimum absolute atomic E-state index is 0.0707. The number of nitro benzene ring substituents is 1. The summed E-state index contributed by atoms with van der Waals surface area (Å²) in [4.78, 5) is 10.2. The normalized spacial score (nSPS) is 21.2. The van der Waals surface area contributed by atoms with Gasteiger partial charge in [0, 0.05) is 25.2 Å². The molecule has 1 aliphatic rings. The Bertz CT molecular complexity index is 361. The summed E-state index contributed by atoms with van der Waals surface area (Å²) < 4.78 is 5.51. The van der Waals surface area contributed by atoms with Crippen LogP contribution in [0.4, 0.5) is 5.69 Å². The van der Waals surface area contributed by atoms with Gasteiger partial charge >= 0.3 is 0 Å². The van der Waals surface area contributed by atoms with Crippen LogP contribution in [-0.4, -0.2) is 24.6 Å². The van der Waals surface area contributed by atoms with Crippen molar-refractivity contribution in [1.29, 1.82) is 0 Å². The first-order valence-corrected chi connectivity index (χ1v) is 4.84.